The summed E-state index contributed by atoms with van der Waals surface area (Å²) in [7, 11) is -3.80. The van der Waals surface area contributed by atoms with Crippen LogP contribution in [0.1, 0.15) is 24.3 Å². The van der Waals surface area contributed by atoms with Crippen molar-refractivity contribution in [1.29, 1.82) is 0 Å². The van der Waals surface area contributed by atoms with Gasteiger partial charge in [-0.1, -0.05) is 28.4 Å². The molecule has 1 atom stereocenters. The van der Waals surface area contributed by atoms with Gasteiger partial charge in [-0.15, -0.1) is 0 Å². The highest BCUT2D eigenvalue weighted by molar-refractivity contribution is 7.89. The summed E-state index contributed by atoms with van der Waals surface area (Å²) in [4.78, 5) is 12.7. The van der Waals surface area contributed by atoms with E-state index in [0.29, 0.717) is 30.8 Å². The predicted molar refractivity (Wildman–Crippen MR) is 107 cm³/mol. The van der Waals surface area contributed by atoms with Gasteiger partial charge in [0.25, 0.3) is 0 Å². The lowest BCUT2D eigenvalue weighted by Gasteiger charge is -2.31. The molecule has 1 amide bonds. The van der Waals surface area contributed by atoms with Gasteiger partial charge in [0.05, 0.1) is 21.7 Å². The highest BCUT2D eigenvalue weighted by Gasteiger charge is 2.36. The predicted octanol–water partition coefficient (Wildman–Crippen LogP) is 3.22. The zero-order valence-electron chi connectivity index (χ0n) is 15.3. The summed E-state index contributed by atoms with van der Waals surface area (Å²) in [6, 6.07) is 3.00. The number of benzene rings is 1. The summed E-state index contributed by atoms with van der Waals surface area (Å²) in [5, 5.41) is 6.91. The Morgan fingerprint density at radius 1 is 1.32 bits per heavy atom. The SMILES string of the molecule is Cc1noc(C)c1S(=O)(=O)N1CCCC(C(=O)Nc2cc(Cl)c(N)c(Cl)c2)C1. The van der Waals surface area contributed by atoms with Crippen molar-refractivity contribution in [3.05, 3.63) is 33.6 Å². The largest absolute Gasteiger partial charge is 0.396 e. The zero-order valence-corrected chi connectivity index (χ0v) is 17.7. The number of rotatable bonds is 4. The van der Waals surface area contributed by atoms with Crippen LogP contribution >= 0.6 is 23.2 Å². The molecule has 2 aromatic rings. The molecule has 3 rings (SSSR count). The van der Waals surface area contributed by atoms with E-state index in [2.05, 4.69) is 10.5 Å². The number of halogens is 2. The maximum atomic E-state index is 13.0. The number of nitrogens with one attached hydrogen (secondary N) is 1. The molecular weight excluding hydrogens is 427 g/mol. The van der Waals surface area contributed by atoms with Gasteiger partial charge in [0.15, 0.2) is 5.76 Å². The summed E-state index contributed by atoms with van der Waals surface area (Å²) >= 11 is 12.0. The summed E-state index contributed by atoms with van der Waals surface area (Å²) in [6.45, 7) is 3.52. The third-order valence-electron chi connectivity index (χ3n) is 4.67. The van der Waals surface area contributed by atoms with Crippen molar-refractivity contribution in [3.8, 4) is 0 Å². The number of carbonyl (C=O) groups excluding carboxylic acids is 1. The van der Waals surface area contributed by atoms with Crippen LogP contribution in [0, 0.1) is 19.8 Å². The molecule has 8 nitrogen and oxygen atoms in total. The highest BCUT2D eigenvalue weighted by atomic mass is 35.5. The van der Waals surface area contributed by atoms with Gasteiger partial charge in [0.2, 0.25) is 15.9 Å². The molecule has 1 aliphatic rings. The molecule has 11 heteroatoms. The molecule has 0 aliphatic carbocycles. The number of amides is 1. The van der Waals surface area contributed by atoms with Crippen LogP contribution in [0.3, 0.4) is 0 Å². The first kappa shape index (κ1) is 20.9. The second-order valence-corrected chi connectivity index (χ2v) is 9.39. The molecule has 1 fully saturated rings. The topological polar surface area (TPSA) is 119 Å². The zero-order chi connectivity index (χ0) is 20.6. The van der Waals surface area contributed by atoms with Gasteiger partial charge in [-0.25, -0.2) is 8.42 Å². The van der Waals surface area contributed by atoms with Gasteiger partial charge in [-0.05, 0) is 38.8 Å². The van der Waals surface area contributed by atoms with Crippen LogP contribution in [-0.2, 0) is 14.8 Å². The minimum absolute atomic E-state index is 0.0608. The van der Waals surface area contributed by atoms with Crippen molar-refractivity contribution in [2.75, 3.05) is 24.1 Å². The number of aromatic nitrogens is 1. The van der Waals surface area contributed by atoms with Gasteiger partial charge in [-0.2, -0.15) is 4.31 Å². The normalized spacial score (nSPS) is 18.2. The van der Waals surface area contributed by atoms with E-state index in [1.807, 2.05) is 0 Å². The molecule has 1 aromatic heterocycles. The molecule has 1 aromatic carbocycles. The lowest BCUT2D eigenvalue weighted by Crippen LogP contribution is -2.43. The standard InChI is InChI=1S/C17H20Cl2N4O4S/c1-9-16(10(2)27-22-9)28(25,26)23-5-3-4-11(8-23)17(24)21-12-6-13(18)15(20)14(19)7-12/h6-7,11H,3-5,8,20H2,1-2H3,(H,21,24). The summed E-state index contributed by atoms with van der Waals surface area (Å²) in [6.07, 6.45) is 1.12. The second-order valence-electron chi connectivity index (χ2n) is 6.70. The monoisotopic (exact) mass is 446 g/mol. The smallest absolute Gasteiger partial charge is 0.248 e. The Balaban J connectivity index is 1.77. The molecule has 0 radical (unpaired) electrons. The first-order valence-electron chi connectivity index (χ1n) is 8.59. The minimum Gasteiger partial charge on any atom is -0.396 e. The maximum Gasteiger partial charge on any atom is 0.248 e. The van der Waals surface area contributed by atoms with Crippen LogP contribution in [0.25, 0.3) is 0 Å². The van der Waals surface area contributed by atoms with Gasteiger partial charge in [0.1, 0.15) is 10.6 Å². The van der Waals surface area contributed by atoms with Crippen molar-refractivity contribution in [2.45, 2.75) is 31.6 Å². The average molecular weight is 447 g/mol. The fourth-order valence-corrected chi connectivity index (χ4v) is 5.55. The summed E-state index contributed by atoms with van der Waals surface area (Å²) < 4.78 is 32.3. The number of piperidine rings is 1. The van der Waals surface area contributed by atoms with Crippen molar-refractivity contribution >= 4 is 50.5 Å². The number of sulfonamides is 1. The summed E-state index contributed by atoms with van der Waals surface area (Å²) in [5.41, 5.74) is 6.63. The van der Waals surface area contributed by atoms with E-state index in [0.717, 1.165) is 0 Å². The molecule has 152 valence electrons. The van der Waals surface area contributed by atoms with Crippen molar-refractivity contribution in [2.24, 2.45) is 5.92 Å². The van der Waals surface area contributed by atoms with Crippen molar-refractivity contribution < 1.29 is 17.7 Å². The fourth-order valence-electron chi connectivity index (χ4n) is 3.25. The van der Waals surface area contributed by atoms with E-state index in [-0.39, 0.29) is 38.8 Å². The summed E-state index contributed by atoms with van der Waals surface area (Å²) in [5.74, 6) is -0.593. The Bertz CT molecular complexity index is 980. The Hall–Kier alpha value is -1.81. The van der Waals surface area contributed by atoms with Gasteiger partial charge >= 0.3 is 0 Å². The van der Waals surface area contributed by atoms with Crippen LogP contribution in [0.4, 0.5) is 11.4 Å². The molecule has 0 saturated carbocycles. The molecule has 1 aliphatic heterocycles. The van der Waals surface area contributed by atoms with Gasteiger partial charge in [0, 0.05) is 18.8 Å². The van der Waals surface area contributed by atoms with E-state index < -0.39 is 15.9 Å². The fraction of sp³-hybridized carbons (Fsp3) is 0.412. The van der Waals surface area contributed by atoms with Gasteiger partial charge < -0.3 is 15.6 Å². The van der Waals surface area contributed by atoms with Crippen LogP contribution in [0.5, 0.6) is 0 Å². The van der Waals surface area contributed by atoms with E-state index in [1.165, 1.54) is 16.4 Å². The van der Waals surface area contributed by atoms with E-state index >= 15 is 0 Å². The van der Waals surface area contributed by atoms with Gasteiger partial charge in [-0.3, -0.25) is 4.79 Å². The van der Waals surface area contributed by atoms with E-state index in [1.54, 1.807) is 13.8 Å². The number of hydrogen-bond acceptors (Lipinski definition) is 6. The average Bonchev–Trinajstić information content (AvgIpc) is 2.98. The lowest BCUT2D eigenvalue weighted by atomic mass is 9.98. The molecule has 1 unspecified atom stereocenters. The molecule has 0 bridgehead atoms. The third-order valence-corrected chi connectivity index (χ3v) is 7.40. The molecule has 3 N–H and O–H groups in total. The molecule has 1 saturated heterocycles. The Labute approximate surface area is 173 Å². The minimum atomic E-state index is -3.80. The first-order valence-corrected chi connectivity index (χ1v) is 10.8. The van der Waals surface area contributed by atoms with Crippen LogP contribution < -0.4 is 11.1 Å². The second kappa shape index (κ2) is 7.90. The molecule has 2 heterocycles. The molecular formula is C17H20Cl2N4O4S. The van der Waals surface area contributed by atoms with Crippen LogP contribution in [0.15, 0.2) is 21.6 Å². The van der Waals surface area contributed by atoms with Crippen molar-refractivity contribution in [1.82, 2.24) is 9.46 Å². The number of hydrogen-bond donors (Lipinski definition) is 2. The number of carbonyl (C=O) groups is 1. The van der Waals surface area contributed by atoms with E-state index in [4.69, 9.17) is 33.5 Å². The number of aryl methyl sites for hydroxylation is 2. The van der Waals surface area contributed by atoms with E-state index in [9.17, 15) is 13.2 Å². The molecule has 28 heavy (non-hydrogen) atoms. The third kappa shape index (κ3) is 3.98. The number of nitrogen functional groups attached to an aromatic ring is 1. The molecule has 0 spiro atoms. The maximum absolute atomic E-state index is 13.0. The lowest BCUT2D eigenvalue weighted by molar-refractivity contribution is -0.120. The quantitative estimate of drug-likeness (QED) is 0.695. The first-order chi connectivity index (χ1) is 13.1. The Morgan fingerprint density at radius 2 is 1.96 bits per heavy atom. The Morgan fingerprint density at radius 3 is 2.54 bits per heavy atom. The highest BCUT2D eigenvalue weighted by Crippen LogP contribution is 2.32. The number of nitrogens with zero attached hydrogens (tertiary/aromatic N) is 2. The number of nitrogens with two attached hydrogens (primary N) is 1. The van der Waals surface area contributed by atoms with Crippen LogP contribution in [0.2, 0.25) is 10.0 Å². The van der Waals surface area contributed by atoms with Crippen LogP contribution in [-0.4, -0.2) is 36.9 Å². The Kier molecular flexibility index (Phi) is 5.90. The van der Waals surface area contributed by atoms with Crippen molar-refractivity contribution in [3.63, 3.8) is 0 Å². The number of anilines is 2.